The Bertz CT molecular complexity index is 559. The van der Waals surface area contributed by atoms with Gasteiger partial charge in [-0.05, 0) is 17.2 Å². The van der Waals surface area contributed by atoms with E-state index in [1.165, 1.54) is 0 Å². The van der Waals surface area contributed by atoms with E-state index >= 15 is 0 Å². The van der Waals surface area contributed by atoms with Crippen molar-refractivity contribution in [3.05, 3.63) is 65.8 Å². The van der Waals surface area contributed by atoms with Crippen molar-refractivity contribution >= 4 is 12.0 Å². The second-order valence-corrected chi connectivity index (χ2v) is 6.00. The largest absolute Gasteiger partial charge is 0.345 e. The van der Waals surface area contributed by atoms with Gasteiger partial charge in [0, 0.05) is 5.41 Å². The van der Waals surface area contributed by atoms with E-state index in [2.05, 4.69) is 23.5 Å². The Balaban J connectivity index is 2.19. The summed E-state index contributed by atoms with van der Waals surface area (Å²) in [4.78, 5) is 12.1. The number of hydrogen-bond donors (Lipinski definition) is 1. The first kappa shape index (κ1) is 14.3. The van der Waals surface area contributed by atoms with Gasteiger partial charge in [-0.3, -0.25) is 4.79 Å². The zero-order valence-electron chi connectivity index (χ0n) is 12.3. The van der Waals surface area contributed by atoms with Crippen molar-refractivity contribution in [2.45, 2.75) is 26.8 Å². The van der Waals surface area contributed by atoms with Gasteiger partial charge in [-0.2, -0.15) is 0 Å². The molecule has 0 heterocycles. The molecule has 20 heavy (non-hydrogen) atoms. The first-order valence-electron chi connectivity index (χ1n) is 6.89. The summed E-state index contributed by atoms with van der Waals surface area (Å²) in [7, 11) is 0. The lowest BCUT2D eigenvalue weighted by atomic mass is 9.93. The third-order valence-corrected chi connectivity index (χ3v) is 3.16. The highest BCUT2D eigenvalue weighted by atomic mass is 16.2. The van der Waals surface area contributed by atoms with E-state index in [0.29, 0.717) is 0 Å². The minimum atomic E-state index is -0.382. The summed E-state index contributed by atoms with van der Waals surface area (Å²) in [6.45, 7) is 5.77. The normalized spacial score (nSPS) is 20.1. The van der Waals surface area contributed by atoms with Gasteiger partial charge in [0.2, 0.25) is 5.91 Å². The van der Waals surface area contributed by atoms with Crippen molar-refractivity contribution < 1.29 is 4.79 Å². The molecule has 1 atom stereocenters. The SMILES string of the molecule is CC(C)(C)C(=O)NC1C=CC=CC1=Cc1ccccc1. The second kappa shape index (κ2) is 5.91. The van der Waals surface area contributed by atoms with Crippen LogP contribution in [0.3, 0.4) is 0 Å². The van der Waals surface area contributed by atoms with Crippen LogP contribution in [0, 0.1) is 5.41 Å². The number of benzene rings is 1. The molecule has 0 aromatic heterocycles. The molecule has 2 nitrogen and oxygen atoms in total. The van der Waals surface area contributed by atoms with Gasteiger partial charge in [0.05, 0.1) is 6.04 Å². The summed E-state index contributed by atoms with van der Waals surface area (Å²) in [6, 6.07) is 10.1. The van der Waals surface area contributed by atoms with E-state index in [9.17, 15) is 4.79 Å². The van der Waals surface area contributed by atoms with Crippen LogP contribution < -0.4 is 5.32 Å². The summed E-state index contributed by atoms with van der Waals surface area (Å²) in [6.07, 6.45) is 10.1. The van der Waals surface area contributed by atoms with Gasteiger partial charge in [-0.15, -0.1) is 0 Å². The molecule has 1 amide bonds. The predicted molar refractivity (Wildman–Crippen MR) is 84.1 cm³/mol. The van der Waals surface area contributed by atoms with Gasteiger partial charge in [0.25, 0.3) is 0 Å². The molecule has 1 N–H and O–H groups in total. The van der Waals surface area contributed by atoms with Gasteiger partial charge in [-0.1, -0.05) is 75.4 Å². The first-order valence-corrected chi connectivity index (χ1v) is 6.89. The Hall–Kier alpha value is -2.09. The van der Waals surface area contributed by atoms with Crippen molar-refractivity contribution in [2.75, 3.05) is 0 Å². The smallest absolute Gasteiger partial charge is 0.226 e. The zero-order chi connectivity index (χ0) is 14.6. The fourth-order valence-electron chi connectivity index (χ4n) is 1.93. The number of carbonyl (C=O) groups is 1. The van der Waals surface area contributed by atoms with Crippen LogP contribution in [0.1, 0.15) is 26.3 Å². The third kappa shape index (κ3) is 3.70. The van der Waals surface area contributed by atoms with E-state index < -0.39 is 0 Å². The summed E-state index contributed by atoms with van der Waals surface area (Å²) in [5.74, 6) is 0.0569. The van der Waals surface area contributed by atoms with Crippen LogP contribution in [0.5, 0.6) is 0 Å². The minimum absolute atomic E-state index is 0.0569. The highest BCUT2D eigenvalue weighted by molar-refractivity contribution is 5.82. The molecular weight excluding hydrogens is 246 g/mol. The summed E-state index contributed by atoms with van der Waals surface area (Å²) >= 11 is 0. The number of allylic oxidation sites excluding steroid dienone is 2. The second-order valence-electron chi connectivity index (χ2n) is 6.00. The molecule has 1 aliphatic rings. The Kier molecular flexibility index (Phi) is 4.23. The van der Waals surface area contributed by atoms with Gasteiger partial charge < -0.3 is 5.32 Å². The summed E-state index contributed by atoms with van der Waals surface area (Å²) < 4.78 is 0. The van der Waals surface area contributed by atoms with Gasteiger partial charge in [0.1, 0.15) is 0 Å². The molecule has 0 saturated carbocycles. The molecule has 0 spiro atoms. The number of rotatable bonds is 2. The predicted octanol–water partition coefficient (Wildman–Crippen LogP) is 3.73. The Morgan fingerprint density at radius 3 is 2.50 bits per heavy atom. The third-order valence-electron chi connectivity index (χ3n) is 3.16. The van der Waals surface area contributed by atoms with Crippen LogP contribution in [-0.4, -0.2) is 11.9 Å². The molecule has 0 saturated heterocycles. The average molecular weight is 267 g/mol. The molecular formula is C18H21NO. The quantitative estimate of drug-likeness (QED) is 0.869. The lowest BCUT2D eigenvalue weighted by molar-refractivity contribution is -0.128. The first-order chi connectivity index (χ1) is 9.47. The number of carbonyl (C=O) groups excluding carboxylic acids is 1. The van der Waals surface area contributed by atoms with Crippen molar-refractivity contribution in [3.63, 3.8) is 0 Å². The maximum absolute atomic E-state index is 12.1. The van der Waals surface area contributed by atoms with Crippen LogP contribution in [0.25, 0.3) is 6.08 Å². The lowest BCUT2D eigenvalue weighted by Gasteiger charge is -2.24. The molecule has 1 aromatic rings. The van der Waals surface area contributed by atoms with Crippen molar-refractivity contribution in [3.8, 4) is 0 Å². The maximum atomic E-state index is 12.1. The monoisotopic (exact) mass is 267 g/mol. The Morgan fingerprint density at radius 2 is 1.85 bits per heavy atom. The average Bonchev–Trinajstić information content (AvgIpc) is 2.41. The topological polar surface area (TPSA) is 29.1 Å². The van der Waals surface area contributed by atoms with E-state index in [-0.39, 0.29) is 17.4 Å². The van der Waals surface area contributed by atoms with Gasteiger partial charge in [0.15, 0.2) is 0 Å². The highest BCUT2D eigenvalue weighted by Crippen LogP contribution is 2.19. The summed E-state index contributed by atoms with van der Waals surface area (Å²) in [5.41, 5.74) is 1.85. The molecule has 1 aliphatic carbocycles. The number of nitrogens with one attached hydrogen (secondary N) is 1. The van der Waals surface area contributed by atoms with Gasteiger partial charge in [-0.25, -0.2) is 0 Å². The molecule has 0 fully saturated rings. The molecule has 0 bridgehead atoms. The zero-order valence-corrected chi connectivity index (χ0v) is 12.3. The van der Waals surface area contributed by atoms with Gasteiger partial charge >= 0.3 is 0 Å². The molecule has 104 valence electrons. The lowest BCUT2D eigenvalue weighted by Crippen LogP contribution is -2.41. The molecule has 0 aliphatic heterocycles. The van der Waals surface area contributed by atoms with E-state index in [0.717, 1.165) is 11.1 Å². The number of amides is 1. The Labute approximate surface area is 120 Å². The highest BCUT2D eigenvalue weighted by Gasteiger charge is 2.24. The molecule has 2 rings (SSSR count). The van der Waals surface area contributed by atoms with Crippen molar-refractivity contribution in [1.29, 1.82) is 0 Å². The van der Waals surface area contributed by atoms with Crippen LogP contribution >= 0.6 is 0 Å². The van der Waals surface area contributed by atoms with Crippen LogP contribution in [0.4, 0.5) is 0 Å². The standard InChI is InChI=1S/C18H21NO/c1-18(2,3)17(20)19-16-12-8-7-11-15(16)13-14-9-5-4-6-10-14/h4-13,16H,1-3H3,(H,19,20). The van der Waals surface area contributed by atoms with Crippen LogP contribution in [0.2, 0.25) is 0 Å². The molecule has 0 radical (unpaired) electrons. The van der Waals surface area contributed by atoms with Crippen molar-refractivity contribution in [2.24, 2.45) is 5.41 Å². The van der Waals surface area contributed by atoms with E-state index in [1.807, 2.05) is 63.3 Å². The van der Waals surface area contributed by atoms with Crippen LogP contribution in [-0.2, 0) is 4.79 Å². The fourth-order valence-corrected chi connectivity index (χ4v) is 1.93. The maximum Gasteiger partial charge on any atom is 0.226 e. The van der Waals surface area contributed by atoms with Crippen LogP contribution in [0.15, 0.2) is 60.2 Å². The van der Waals surface area contributed by atoms with E-state index in [4.69, 9.17) is 0 Å². The molecule has 1 unspecified atom stereocenters. The number of hydrogen-bond acceptors (Lipinski definition) is 1. The molecule has 2 heteroatoms. The van der Waals surface area contributed by atoms with E-state index in [1.54, 1.807) is 0 Å². The summed E-state index contributed by atoms with van der Waals surface area (Å²) in [5, 5.41) is 3.08. The minimum Gasteiger partial charge on any atom is -0.345 e. The Morgan fingerprint density at radius 1 is 1.15 bits per heavy atom. The van der Waals surface area contributed by atoms with Crippen molar-refractivity contribution in [1.82, 2.24) is 5.32 Å². The fraction of sp³-hybridized carbons (Fsp3) is 0.278. The molecule has 1 aromatic carbocycles.